The third kappa shape index (κ3) is 3.92. The number of rotatable bonds is 4. The minimum absolute atomic E-state index is 0.0300. The van der Waals surface area contributed by atoms with Gasteiger partial charge in [-0.05, 0) is 68.9 Å². The summed E-state index contributed by atoms with van der Waals surface area (Å²) < 4.78 is 28.4. The van der Waals surface area contributed by atoms with Crippen molar-refractivity contribution in [3.05, 3.63) is 33.4 Å². The first kappa shape index (κ1) is 20.4. The molecule has 1 amide bonds. The fraction of sp³-hybridized carbons (Fsp3) is 0.579. The van der Waals surface area contributed by atoms with Gasteiger partial charge < -0.3 is 9.64 Å². The van der Waals surface area contributed by atoms with E-state index in [2.05, 4.69) is 0 Å². The molecule has 7 heteroatoms. The number of sulfone groups is 1. The van der Waals surface area contributed by atoms with Gasteiger partial charge in [0.1, 0.15) is 0 Å². The van der Waals surface area contributed by atoms with Crippen LogP contribution in [0, 0.1) is 34.6 Å². The number of likely N-dealkylation sites (N-methyl/N-ethyl adjacent to an activating group) is 1. The molecule has 0 saturated carbocycles. The van der Waals surface area contributed by atoms with Crippen molar-refractivity contribution in [3.8, 4) is 0 Å². The summed E-state index contributed by atoms with van der Waals surface area (Å²) in [6.07, 6.45) is 0.424. The van der Waals surface area contributed by atoms with Gasteiger partial charge in [-0.1, -0.05) is 0 Å². The summed E-state index contributed by atoms with van der Waals surface area (Å²) in [6.45, 7) is 9.32. The molecular formula is C19H27NO5S. The van der Waals surface area contributed by atoms with Gasteiger partial charge in [-0.2, -0.15) is 0 Å². The predicted molar refractivity (Wildman–Crippen MR) is 100 cm³/mol. The molecule has 6 nitrogen and oxygen atoms in total. The standard InChI is InChI=1S/C19H27NO5S/c1-11-12(2)14(4)18(15(5)13(11)3)19(22)25-9-17(21)20(6)16-7-8-26(23,24)10-16/h16H,7-10H2,1-6H3/t16-/m0/s1. The van der Waals surface area contributed by atoms with Crippen molar-refractivity contribution in [2.45, 2.75) is 47.1 Å². The van der Waals surface area contributed by atoms with Crippen LogP contribution in [0.2, 0.25) is 0 Å². The number of benzene rings is 1. The summed E-state index contributed by atoms with van der Waals surface area (Å²) in [4.78, 5) is 26.2. The molecule has 2 rings (SSSR count). The number of nitrogens with zero attached hydrogens (tertiary/aromatic N) is 1. The van der Waals surface area contributed by atoms with Crippen molar-refractivity contribution >= 4 is 21.7 Å². The molecule has 1 aromatic rings. The Balaban J connectivity index is 2.09. The van der Waals surface area contributed by atoms with Crippen molar-refractivity contribution in [3.63, 3.8) is 0 Å². The second kappa shape index (κ2) is 7.39. The van der Waals surface area contributed by atoms with E-state index >= 15 is 0 Å². The zero-order chi connectivity index (χ0) is 19.8. The first-order valence-corrected chi connectivity index (χ1v) is 10.5. The van der Waals surface area contributed by atoms with Gasteiger partial charge in [0.15, 0.2) is 16.4 Å². The third-order valence-electron chi connectivity index (χ3n) is 5.68. The number of ether oxygens (including phenoxy) is 1. The van der Waals surface area contributed by atoms with Crippen molar-refractivity contribution in [1.29, 1.82) is 0 Å². The smallest absolute Gasteiger partial charge is 0.339 e. The quantitative estimate of drug-likeness (QED) is 0.746. The highest BCUT2D eigenvalue weighted by Gasteiger charge is 2.33. The number of hydrogen-bond donors (Lipinski definition) is 0. The molecular weight excluding hydrogens is 354 g/mol. The van der Waals surface area contributed by atoms with E-state index in [9.17, 15) is 18.0 Å². The number of esters is 1. The summed E-state index contributed by atoms with van der Waals surface area (Å²) in [5, 5.41) is 0. The second-order valence-corrected chi connectivity index (χ2v) is 9.37. The van der Waals surface area contributed by atoms with Crippen LogP contribution in [-0.4, -0.2) is 56.4 Å². The maximum atomic E-state index is 12.6. The highest BCUT2D eigenvalue weighted by Crippen LogP contribution is 2.26. The molecule has 0 spiro atoms. The second-order valence-electron chi connectivity index (χ2n) is 7.14. The van der Waals surface area contributed by atoms with E-state index in [4.69, 9.17) is 4.74 Å². The van der Waals surface area contributed by atoms with Crippen LogP contribution in [0.25, 0.3) is 0 Å². The summed E-state index contributed by atoms with van der Waals surface area (Å²) >= 11 is 0. The lowest BCUT2D eigenvalue weighted by Crippen LogP contribution is -2.40. The average molecular weight is 381 g/mol. The number of hydrogen-bond acceptors (Lipinski definition) is 5. The maximum Gasteiger partial charge on any atom is 0.339 e. The van der Waals surface area contributed by atoms with E-state index in [-0.39, 0.29) is 17.5 Å². The Labute approximate surface area is 155 Å². The molecule has 144 valence electrons. The fourth-order valence-corrected chi connectivity index (χ4v) is 5.17. The lowest BCUT2D eigenvalue weighted by atomic mass is 9.90. The Morgan fingerprint density at radius 3 is 1.96 bits per heavy atom. The Morgan fingerprint density at radius 2 is 1.50 bits per heavy atom. The molecule has 0 unspecified atom stereocenters. The largest absolute Gasteiger partial charge is 0.452 e. The highest BCUT2D eigenvalue weighted by atomic mass is 32.2. The van der Waals surface area contributed by atoms with Crippen molar-refractivity contribution in [2.75, 3.05) is 25.2 Å². The first-order chi connectivity index (χ1) is 12.0. The van der Waals surface area contributed by atoms with E-state index < -0.39 is 28.3 Å². The predicted octanol–water partition coefficient (Wildman–Crippen LogP) is 2.03. The van der Waals surface area contributed by atoms with Crippen molar-refractivity contribution in [1.82, 2.24) is 4.90 Å². The van der Waals surface area contributed by atoms with Crippen molar-refractivity contribution < 1.29 is 22.7 Å². The molecule has 1 fully saturated rings. The lowest BCUT2D eigenvalue weighted by molar-refractivity contribution is -0.134. The zero-order valence-corrected chi connectivity index (χ0v) is 17.1. The summed E-state index contributed by atoms with van der Waals surface area (Å²) in [5.74, 6) is -0.851. The monoisotopic (exact) mass is 381 g/mol. The van der Waals surface area contributed by atoms with Crippen LogP contribution < -0.4 is 0 Å². The SMILES string of the molecule is Cc1c(C)c(C)c(C(=O)OCC(=O)N(C)[C@H]2CCS(=O)(=O)C2)c(C)c1C. The van der Waals surface area contributed by atoms with Crippen LogP contribution in [0.4, 0.5) is 0 Å². The molecule has 0 bridgehead atoms. The topological polar surface area (TPSA) is 80.8 Å². The molecule has 1 aliphatic heterocycles. The van der Waals surface area contributed by atoms with Crippen LogP contribution in [0.15, 0.2) is 0 Å². The van der Waals surface area contributed by atoms with E-state index in [0.717, 1.165) is 27.8 Å². The Hall–Kier alpha value is -1.89. The van der Waals surface area contributed by atoms with Gasteiger partial charge in [-0.15, -0.1) is 0 Å². The average Bonchev–Trinajstić information content (AvgIpc) is 2.95. The molecule has 0 aliphatic carbocycles. The normalized spacial score (nSPS) is 18.6. The Kier molecular flexibility index (Phi) is 5.80. The molecule has 0 N–H and O–H groups in total. The molecule has 1 saturated heterocycles. The van der Waals surface area contributed by atoms with Crippen LogP contribution >= 0.6 is 0 Å². The van der Waals surface area contributed by atoms with Crippen LogP contribution in [0.3, 0.4) is 0 Å². The highest BCUT2D eigenvalue weighted by molar-refractivity contribution is 7.91. The van der Waals surface area contributed by atoms with Gasteiger partial charge in [0.25, 0.3) is 5.91 Å². The summed E-state index contributed by atoms with van der Waals surface area (Å²) in [5.41, 5.74) is 5.45. The van der Waals surface area contributed by atoms with E-state index in [1.807, 2.05) is 34.6 Å². The van der Waals surface area contributed by atoms with E-state index in [0.29, 0.717) is 12.0 Å². The number of carbonyl (C=O) groups excluding carboxylic acids is 2. The minimum atomic E-state index is -3.07. The van der Waals surface area contributed by atoms with E-state index in [1.54, 1.807) is 7.05 Å². The van der Waals surface area contributed by atoms with Gasteiger partial charge in [0.05, 0.1) is 17.1 Å². The van der Waals surface area contributed by atoms with E-state index in [1.165, 1.54) is 4.90 Å². The van der Waals surface area contributed by atoms with Crippen molar-refractivity contribution in [2.24, 2.45) is 0 Å². The van der Waals surface area contributed by atoms with Gasteiger partial charge in [0, 0.05) is 13.1 Å². The molecule has 26 heavy (non-hydrogen) atoms. The van der Waals surface area contributed by atoms with Gasteiger partial charge in [-0.3, -0.25) is 4.79 Å². The van der Waals surface area contributed by atoms with Crippen LogP contribution in [0.1, 0.15) is 44.6 Å². The first-order valence-electron chi connectivity index (χ1n) is 8.66. The molecule has 1 aromatic carbocycles. The van der Waals surface area contributed by atoms with Gasteiger partial charge in [-0.25, -0.2) is 13.2 Å². The zero-order valence-electron chi connectivity index (χ0n) is 16.3. The number of carbonyl (C=O) groups is 2. The Morgan fingerprint density at radius 1 is 1.00 bits per heavy atom. The molecule has 1 heterocycles. The maximum absolute atomic E-state index is 12.6. The van der Waals surface area contributed by atoms with Gasteiger partial charge in [0.2, 0.25) is 0 Å². The lowest BCUT2D eigenvalue weighted by Gasteiger charge is -2.23. The third-order valence-corrected chi connectivity index (χ3v) is 7.43. The molecule has 0 radical (unpaired) electrons. The van der Waals surface area contributed by atoms with Crippen LogP contribution in [0.5, 0.6) is 0 Å². The fourth-order valence-electron chi connectivity index (χ4n) is 3.39. The van der Waals surface area contributed by atoms with Gasteiger partial charge >= 0.3 is 5.97 Å². The summed E-state index contributed by atoms with van der Waals surface area (Å²) in [7, 11) is -1.52. The minimum Gasteiger partial charge on any atom is -0.452 e. The summed E-state index contributed by atoms with van der Waals surface area (Å²) in [6, 6.07) is -0.349. The van der Waals surface area contributed by atoms with Crippen LogP contribution in [-0.2, 0) is 19.4 Å². The molecule has 1 aliphatic rings. The number of amides is 1. The molecule has 1 atom stereocenters. The Bertz CT molecular complexity index is 828. The molecule has 0 aromatic heterocycles.